The van der Waals surface area contributed by atoms with Gasteiger partial charge in [0, 0.05) is 23.7 Å². The van der Waals surface area contributed by atoms with E-state index in [2.05, 4.69) is 10.6 Å². The SMILES string of the molecule is OC1CCC(C2CCC3NC4=C(CCC[C@H]4NCC4CCCCC4)C3C2)CC1. The van der Waals surface area contributed by atoms with E-state index >= 15 is 0 Å². The number of fused-ring (bicyclic) bond motifs is 2. The third kappa shape index (κ3) is 4.03. The number of nitrogens with one attached hydrogen (secondary N) is 2. The molecule has 0 bridgehead atoms. The molecule has 3 saturated carbocycles. The smallest absolute Gasteiger partial charge is 0.0540 e. The van der Waals surface area contributed by atoms with Crippen molar-refractivity contribution in [1.29, 1.82) is 0 Å². The molecule has 1 aliphatic heterocycles. The molecule has 0 amide bonds. The van der Waals surface area contributed by atoms with Gasteiger partial charge in [-0.15, -0.1) is 0 Å². The van der Waals surface area contributed by atoms with Gasteiger partial charge in [-0.2, -0.15) is 0 Å². The fraction of sp³-hybridized carbons (Fsp3) is 0.920. The molecule has 0 spiro atoms. The number of aliphatic hydroxyl groups is 1. The fourth-order valence-corrected chi connectivity index (χ4v) is 7.44. The minimum Gasteiger partial charge on any atom is -0.393 e. The average Bonchev–Trinajstić information content (AvgIpc) is 3.12. The van der Waals surface area contributed by atoms with Crippen molar-refractivity contribution in [1.82, 2.24) is 10.6 Å². The molecule has 5 aliphatic rings. The van der Waals surface area contributed by atoms with Gasteiger partial charge in [-0.1, -0.05) is 19.3 Å². The molecule has 3 heteroatoms. The van der Waals surface area contributed by atoms with Gasteiger partial charge in [0.2, 0.25) is 0 Å². The average molecular weight is 387 g/mol. The maximum absolute atomic E-state index is 9.88. The largest absolute Gasteiger partial charge is 0.393 e. The van der Waals surface area contributed by atoms with Crippen LogP contribution in [0.2, 0.25) is 0 Å². The highest BCUT2D eigenvalue weighted by atomic mass is 16.3. The topological polar surface area (TPSA) is 44.3 Å². The lowest BCUT2D eigenvalue weighted by Crippen LogP contribution is -2.42. The predicted octanol–water partition coefficient (Wildman–Crippen LogP) is 4.90. The van der Waals surface area contributed by atoms with Crippen molar-refractivity contribution in [3.63, 3.8) is 0 Å². The van der Waals surface area contributed by atoms with Crippen LogP contribution in [0.5, 0.6) is 0 Å². The summed E-state index contributed by atoms with van der Waals surface area (Å²) in [5.41, 5.74) is 3.45. The van der Waals surface area contributed by atoms with Crippen molar-refractivity contribution in [3.8, 4) is 0 Å². The highest BCUT2D eigenvalue weighted by Crippen LogP contribution is 2.48. The standard InChI is InChI=1S/C25H42N2O/c28-20-12-9-18(10-13-20)19-11-14-23-22(15-19)21-7-4-8-24(25(21)27-23)26-16-17-5-2-1-3-6-17/h17-20,22-24,26-28H,1-16H2/t18?,19?,20?,22?,23?,24-/m1/s1. The Kier molecular flexibility index (Phi) is 6.02. The minimum atomic E-state index is -0.00983. The third-order valence-electron chi connectivity index (χ3n) is 9.10. The first-order valence-corrected chi connectivity index (χ1v) is 12.7. The van der Waals surface area contributed by atoms with Gasteiger partial charge in [0.15, 0.2) is 0 Å². The molecular weight excluding hydrogens is 344 g/mol. The summed E-state index contributed by atoms with van der Waals surface area (Å²) in [5.74, 6) is 3.55. The molecule has 0 radical (unpaired) electrons. The van der Waals surface area contributed by atoms with Crippen LogP contribution in [-0.4, -0.2) is 29.8 Å². The van der Waals surface area contributed by atoms with Gasteiger partial charge in [0.1, 0.15) is 0 Å². The van der Waals surface area contributed by atoms with Crippen LogP contribution >= 0.6 is 0 Å². The molecule has 28 heavy (non-hydrogen) atoms. The van der Waals surface area contributed by atoms with Gasteiger partial charge in [-0.05, 0) is 107 Å². The van der Waals surface area contributed by atoms with E-state index in [1.165, 1.54) is 90.0 Å². The Balaban J connectivity index is 1.21. The van der Waals surface area contributed by atoms with Gasteiger partial charge in [0.25, 0.3) is 0 Å². The normalized spacial score (nSPS) is 42.0. The Morgan fingerprint density at radius 1 is 0.821 bits per heavy atom. The molecular formula is C25H42N2O. The summed E-state index contributed by atoms with van der Waals surface area (Å²) in [7, 11) is 0. The summed E-state index contributed by atoms with van der Waals surface area (Å²) in [6.45, 7) is 1.24. The molecule has 4 atom stereocenters. The van der Waals surface area contributed by atoms with Crippen LogP contribution in [0, 0.1) is 23.7 Å². The van der Waals surface area contributed by atoms with Crippen molar-refractivity contribution in [2.24, 2.45) is 23.7 Å². The Morgan fingerprint density at radius 2 is 1.61 bits per heavy atom. The summed E-state index contributed by atoms with van der Waals surface area (Å²) >= 11 is 0. The lowest BCUT2D eigenvalue weighted by atomic mass is 9.67. The Bertz CT molecular complexity index is 559. The second-order valence-electron chi connectivity index (χ2n) is 10.8. The summed E-state index contributed by atoms with van der Waals surface area (Å²) in [4.78, 5) is 0. The molecule has 5 rings (SSSR count). The summed E-state index contributed by atoms with van der Waals surface area (Å²) in [6, 6.07) is 1.34. The van der Waals surface area contributed by atoms with Crippen molar-refractivity contribution in [3.05, 3.63) is 11.3 Å². The molecule has 3 unspecified atom stereocenters. The molecule has 0 saturated heterocycles. The van der Waals surface area contributed by atoms with E-state index in [0.29, 0.717) is 6.04 Å². The zero-order chi connectivity index (χ0) is 18.9. The molecule has 158 valence electrons. The maximum atomic E-state index is 9.88. The molecule has 3 fully saturated rings. The molecule has 0 aromatic carbocycles. The first kappa shape index (κ1) is 19.4. The van der Waals surface area contributed by atoms with E-state index in [1.807, 2.05) is 5.57 Å². The maximum Gasteiger partial charge on any atom is 0.0540 e. The summed E-state index contributed by atoms with van der Waals surface area (Å²) in [6.07, 6.45) is 20.2. The van der Waals surface area contributed by atoms with E-state index in [9.17, 15) is 5.11 Å². The van der Waals surface area contributed by atoms with Crippen LogP contribution in [0.1, 0.15) is 96.3 Å². The lowest BCUT2D eigenvalue weighted by molar-refractivity contribution is 0.0742. The molecule has 1 heterocycles. The fourth-order valence-electron chi connectivity index (χ4n) is 7.44. The van der Waals surface area contributed by atoms with Gasteiger partial charge in [-0.3, -0.25) is 0 Å². The molecule has 0 aromatic heterocycles. The quantitative estimate of drug-likeness (QED) is 0.644. The third-order valence-corrected chi connectivity index (χ3v) is 9.10. The Labute approximate surface area is 172 Å². The molecule has 3 N–H and O–H groups in total. The second-order valence-corrected chi connectivity index (χ2v) is 10.8. The highest BCUT2D eigenvalue weighted by Gasteiger charge is 2.43. The van der Waals surface area contributed by atoms with Crippen molar-refractivity contribution < 1.29 is 5.11 Å². The van der Waals surface area contributed by atoms with Crippen molar-refractivity contribution in [2.75, 3.05) is 6.54 Å². The minimum absolute atomic E-state index is 0.00983. The van der Waals surface area contributed by atoms with Crippen molar-refractivity contribution >= 4 is 0 Å². The molecule has 3 nitrogen and oxygen atoms in total. The van der Waals surface area contributed by atoms with E-state index in [4.69, 9.17) is 0 Å². The Hall–Kier alpha value is -0.540. The molecule has 4 aliphatic carbocycles. The van der Waals surface area contributed by atoms with Crippen LogP contribution in [-0.2, 0) is 0 Å². The first-order chi connectivity index (χ1) is 13.8. The molecule has 0 aromatic rings. The monoisotopic (exact) mass is 386 g/mol. The second kappa shape index (κ2) is 8.68. The van der Waals surface area contributed by atoms with Gasteiger partial charge < -0.3 is 15.7 Å². The zero-order valence-electron chi connectivity index (χ0n) is 17.8. The predicted molar refractivity (Wildman–Crippen MR) is 115 cm³/mol. The van der Waals surface area contributed by atoms with Crippen LogP contribution in [0.25, 0.3) is 0 Å². The van der Waals surface area contributed by atoms with Crippen LogP contribution in [0.15, 0.2) is 11.3 Å². The highest BCUT2D eigenvalue weighted by molar-refractivity contribution is 5.32. The first-order valence-electron chi connectivity index (χ1n) is 12.7. The summed E-state index contributed by atoms with van der Waals surface area (Å²) in [5, 5.41) is 17.9. The van der Waals surface area contributed by atoms with Crippen LogP contribution in [0.3, 0.4) is 0 Å². The van der Waals surface area contributed by atoms with E-state index in [1.54, 1.807) is 5.70 Å². The Morgan fingerprint density at radius 3 is 2.43 bits per heavy atom. The van der Waals surface area contributed by atoms with Gasteiger partial charge in [0.05, 0.1) is 6.10 Å². The number of hydrogen-bond acceptors (Lipinski definition) is 3. The summed E-state index contributed by atoms with van der Waals surface area (Å²) < 4.78 is 0. The van der Waals surface area contributed by atoms with E-state index < -0.39 is 0 Å². The van der Waals surface area contributed by atoms with E-state index in [0.717, 1.165) is 42.6 Å². The lowest BCUT2D eigenvalue weighted by Gasteiger charge is -2.39. The van der Waals surface area contributed by atoms with Gasteiger partial charge in [-0.25, -0.2) is 0 Å². The van der Waals surface area contributed by atoms with Crippen molar-refractivity contribution in [2.45, 2.75) is 114 Å². The van der Waals surface area contributed by atoms with Crippen LogP contribution < -0.4 is 10.6 Å². The van der Waals surface area contributed by atoms with Gasteiger partial charge >= 0.3 is 0 Å². The van der Waals surface area contributed by atoms with E-state index in [-0.39, 0.29) is 6.10 Å². The number of rotatable bonds is 4. The number of aliphatic hydroxyl groups excluding tert-OH is 1. The zero-order valence-corrected chi connectivity index (χ0v) is 17.8. The number of hydrogen-bond donors (Lipinski definition) is 3. The van der Waals surface area contributed by atoms with Crippen LogP contribution in [0.4, 0.5) is 0 Å².